The first-order valence-electron chi connectivity index (χ1n) is 4.63. The maximum absolute atomic E-state index is 12.0. The number of nitrogens with zero attached hydrogens (tertiary/aromatic N) is 1. The molecule has 0 spiro atoms. The smallest absolute Gasteiger partial charge is 0.262 e. The summed E-state index contributed by atoms with van der Waals surface area (Å²) in [6, 6.07) is 1.60. The molecule has 1 aliphatic heterocycles. The molecule has 0 aromatic heterocycles. The van der Waals surface area contributed by atoms with Gasteiger partial charge in [0, 0.05) is 13.4 Å². The van der Waals surface area contributed by atoms with Gasteiger partial charge in [0.15, 0.2) is 0 Å². The van der Waals surface area contributed by atoms with E-state index < -0.39 is 0 Å². The van der Waals surface area contributed by atoms with Gasteiger partial charge in [-0.15, -0.1) is 0 Å². The van der Waals surface area contributed by atoms with Crippen LogP contribution in [0, 0.1) is 0 Å². The predicted molar refractivity (Wildman–Crippen MR) is 72.0 cm³/mol. The fraction of sp³-hybridized carbons (Fsp3) is 0.200. The lowest BCUT2D eigenvalue weighted by atomic mass is 10.1. The van der Waals surface area contributed by atoms with Crippen LogP contribution < -0.4 is 0 Å². The van der Waals surface area contributed by atoms with E-state index in [0.29, 0.717) is 24.5 Å². The Hall–Kier alpha value is -0.240. The lowest BCUT2D eigenvalue weighted by molar-refractivity contribution is 0.0624. The van der Waals surface area contributed by atoms with E-state index in [1.165, 1.54) is 0 Å². The molecule has 2 amide bonds. The van der Waals surface area contributed by atoms with Gasteiger partial charge in [-0.1, -0.05) is 0 Å². The minimum absolute atomic E-state index is 0.00796. The van der Waals surface area contributed by atoms with Crippen LogP contribution in [0.1, 0.15) is 20.7 Å². The van der Waals surface area contributed by atoms with Gasteiger partial charge in [-0.05, 0) is 53.9 Å². The van der Waals surface area contributed by atoms with Gasteiger partial charge in [0.2, 0.25) is 0 Å². The number of fused-ring (bicyclic) bond motifs is 1. The zero-order chi connectivity index (χ0) is 12.7. The Bertz CT molecular complexity index is 530. The van der Waals surface area contributed by atoms with Gasteiger partial charge < -0.3 is 5.11 Å². The number of aliphatic hydroxyl groups excluding tert-OH is 1. The van der Waals surface area contributed by atoms with Crippen molar-refractivity contribution in [3.63, 3.8) is 0 Å². The first-order chi connectivity index (χ1) is 7.99. The minimum atomic E-state index is -0.390. The number of hydrogen-bond donors (Lipinski definition) is 1. The summed E-state index contributed by atoms with van der Waals surface area (Å²) >= 11 is 9.90. The second kappa shape index (κ2) is 4.79. The van der Waals surface area contributed by atoms with E-state index in [-0.39, 0.29) is 25.0 Å². The average Bonchev–Trinajstić information content (AvgIpc) is 2.52. The molecule has 0 radical (unpaired) electrons. The molecule has 1 aromatic rings. The highest BCUT2D eigenvalue weighted by atomic mass is 79.9. The molecule has 1 N–H and O–H groups in total. The summed E-state index contributed by atoms with van der Waals surface area (Å²) < 4.78 is 1.92. The third-order valence-electron chi connectivity index (χ3n) is 2.42. The van der Waals surface area contributed by atoms with Gasteiger partial charge in [0.25, 0.3) is 11.8 Å². The number of imide groups is 1. The molecular weight excluding hydrogens is 422 g/mol. The van der Waals surface area contributed by atoms with E-state index in [4.69, 9.17) is 5.11 Å². The number of β-amino-alcohol motifs (C(OH)–C–C–N with tert-alkyl or cyclic N) is 1. The van der Waals surface area contributed by atoms with Gasteiger partial charge in [-0.25, -0.2) is 0 Å². The lowest BCUT2D eigenvalue weighted by Gasteiger charge is -2.10. The molecule has 0 saturated heterocycles. The minimum Gasteiger partial charge on any atom is -0.395 e. The van der Waals surface area contributed by atoms with E-state index >= 15 is 0 Å². The fourth-order valence-electron chi connectivity index (χ4n) is 1.65. The molecule has 2 rings (SSSR count). The van der Waals surface area contributed by atoms with Gasteiger partial charge in [0.1, 0.15) is 0 Å². The van der Waals surface area contributed by atoms with Crippen molar-refractivity contribution in [1.29, 1.82) is 0 Å². The Morgan fingerprint density at radius 1 is 1.12 bits per heavy atom. The molecule has 0 aliphatic carbocycles. The summed E-state index contributed by atoms with van der Waals surface area (Å²) in [5.74, 6) is -0.771. The quantitative estimate of drug-likeness (QED) is 0.583. The summed E-state index contributed by atoms with van der Waals surface area (Å²) in [5, 5.41) is 8.84. The molecular formula is C10H6Br3NO3. The van der Waals surface area contributed by atoms with Gasteiger partial charge >= 0.3 is 0 Å². The molecule has 90 valence electrons. The van der Waals surface area contributed by atoms with Crippen molar-refractivity contribution in [2.45, 2.75) is 0 Å². The van der Waals surface area contributed by atoms with E-state index in [2.05, 4.69) is 47.8 Å². The van der Waals surface area contributed by atoms with Crippen LogP contribution in [-0.2, 0) is 0 Å². The van der Waals surface area contributed by atoms with Crippen LogP contribution >= 0.6 is 47.8 Å². The molecule has 1 aliphatic rings. The van der Waals surface area contributed by atoms with Crippen molar-refractivity contribution in [2.75, 3.05) is 13.2 Å². The summed E-state index contributed by atoms with van der Waals surface area (Å²) in [5.41, 5.74) is 0.670. The number of carbonyl (C=O) groups excluding carboxylic acids is 2. The summed E-state index contributed by atoms with van der Waals surface area (Å²) in [7, 11) is 0. The highest BCUT2D eigenvalue weighted by Crippen LogP contribution is 2.39. The molecule has 0 unspecified atom stereocenters. The fourth-order valence-corrected chi connectivity index (χ4v) is 3.25. The monoisotopic (exact) mass is 425 g/mol. The van der Waals surface area contributed by atoms with E-state index in [1.807, 2.05) is 0 Å². The normalized spacial score (nSPS) is 14.5. The summed E-state index contributed by atoms with van der Waals surface area (Å²) in [6.07, 6.45) is 0. The molecule has 0 fully saturated rings. The molecule has 0 atom stereocenters. The molecule has 0 saturated carbocycles. The maximum atomic E-state index is 12.0. The molecule has 1 aromatic carbocycles. The van der Waals surface area contributed by atoms with Crippen LogP contribution in [0.2, 0.25) is 0 Å². The zero-order valence-electron chi connectivity index (χ0n) is 8.34. The van der Waals surface area contributed by atoms with Crippen LogP contribution in [-0.4, -0.2) is 35.0 Å². The van der Waals surface area contributed by atoms with Crippen LogP contribution in [0.25, 0.3) is 0 Å². The Morgan fingerprint density at radius 2 is 1.76 bits per heavy atom. The van der Waals surface area contributed by atoms with Gasteiger partial charge in [-0.2, -0.15) is 0 Å². The summed E-state index contributed by atoms with van der Waals surface area (Å²) in [4.78, 5) is 25.0. The average molecular weight is 428 g/mol. The SMILES string of the molecule is O=C1c2cc(Br)c(Br)c(Br)c2C(=O)N1CCO. The highest BCUT2D eigenvalue weighted by Gasteiger charge is 2.38. The zero-order valence-corrected chi connectivity index (χ0v) is 13.1. The third-order valence-corrected chi connectivity index (χ3v) is 5.73. The van der Waals surface area contributed by atoms with Crippen LogP contribution in [0.5, 0.6) is 0 Å². The van der Waals surface area contributed by atoms with Crippen LogP contribution in [0.15, 0.2) is 19.5 Å². The van der Waals surface area contributed by atoms with Gasteiger partial charge in [0.05, 0.1) is 24.3 Å². The summed E-state index contributed by atoms with van der Waals surface area (Å²) in [6.45, 7) is -0.237. The molecule has 1 heterocycles. The topological polar surface area (TPSA) is 57.6 Å². The van der Waals surface area contributed by atoms with Crippen molar-refractivity contribution in [1.82, 2.24) is 4.90 Å². The van der Waals surface area contributed by atoms with Crippen molar-refractivity contribution in [3.8, 4) is 0 Å². The Kier molecular flexibility index (Phi) is 3.72. The number of hydrogen-bond acceptors (Lipinski definition) is 3. The number of halogens is 3. The molecule has 4 nitrogen and oxygen atoms in total. The van der Waals surface area contributed by atoms with Crippen molar-refractivity contribution in [3.05, 3.63) is 30.6 Å². The molecule has 0 bridgehead atoms. The van der Waals surface area contributed by atoms with Crippen molar-refractivity contribution in [2.24, 2.45) is 0 Å². The number of benzene rings is 1. The maximum Gasteiger partial charge on any atom is 0.262 e. The standard InChI is InChI=1S/C10H6Br3NO3/c11-5-3-4-6(8(13)7(5)12)10(17)14(1-2-15)9(4)16/h3,15H,1-2H2. The van der Waals surface area contributed by atoms with Crippen LogP contribution in [0.4, 0.5) is 0 Å². The van der Waals surface area contributed by atoms with Crippen LogP contribution in [0.3, 0.4) is 0 Å². The number of rotatable bonds is 2. The predicted octanol–water partition coefficient (Wildman–Crippen LogP) is 2.56. The molecule has 17 heavy (non-hydrogen) atoms. The number of aliphatic hydroxyl groups is 1. The second-order valence-corrected chi connectivity index (χ2v) is 5.83. The third kappa shape index (κ3) is 1.99. The first-order valence-corrected chi connectivity index (χ1v) is 7.01. The van der Waals surface area contributed by atoms with E-state index in [9.17, 15) is 9.59 Å². The largest absolute Gasteiger partial charge is 0.395 e. The van der Waals surface area contributed by atoms with Gasteiger partial charge in [-0.3, -0.25) is 14.5 Å². The Labute approximate surface area is 122 Å². The number of carbonyl (C=O) groups is 2. The Balaban J connectivity index is 2.62. The van der Waals surface area contributed by atoms with E-state index in [0.717, 1.165) is 4.90 Å². The highest BCUT2D eigenvalue weighted by molar-refractivity contribution is 9.14. The number of amides is 2. The molecule has 7 heteroatoms. The first kappa shape index (κ1) is 13.2. The van der Waals surface area contributed by atoms with Crippen molar-refractivity contribution < 1.29 is 14.7 Å². The second-order valence-electron chi connectivity index (χ2n) is 3.39. The Morgan fingerprint density at radius 3 is 2.35 bits per heavy atom. The van der Waals surface area contributed by atoms with Crippen molar-refractivity contribution >= 4 is 59.6 Å². The van der Waals surface area contributed by atoms with E-state index in [1.54, 1.807) is 6.07 Å². The lowest BCUT2D eigenvalue weighted by Crippen LogP contribution is -2.32.